The zero-order valence-corrected chi connectivity index (χ0v) is 9.38. The third-order valence-corrected chi connectivity index (χ3v) is 2.33. The fraction of sp³-hybridized carbons (Fsp3) is 0.500. The largest absolute Gasteiger partial charge is 0.397 e. The molecule has 4 heteroatoms. The van der Waals surface area contributed by atoms with Crippen molar-refractivity contribution in [3.8, 4) is 0 Å². The van der Waals surface area contributed by atoms with Crippen LogP contribution in [0.2, 0.25) is 5.02 Å². The summed E-state index contributed by atoms with van der Waals surface area (Å²) >= 11 is 6.02. The van der Waals surface area contributed by atoms with Gasteiger partial charge in [-0.1, -0.05) is 24.9 Å². The molecular formula is C10H16ClN3. The Morgan fingerprint density at radius 2 is 2.29 bits per heavy atom. The molecule has 0 aliphatic rings. The minimum atomic E-state index is 0.600. The average Bonchev–Trinajstić information content (AvgIpc) is 2.14. The van der Waals surface area contributed by atoms with E-state index in [2.05, 4.69) is 11.9 Å². The molecule has 0 bridgehead atoms. The first kappa shape index (κ1) is 11.1. The summed E-state index contributed by atoms with van der Waals surface area (Å²) in [7, 11) is 1.99. The quantitative estimate of drug-likeness (QED) is 0.836. The van der Waals surface area contributed by atoms with Gasteiger partial charge in [-0.25, -0.2) is 4.98 Å². The van der Waals surface area contributed by atoms with Crippen molar-refractivity contribution in [3.63, 3.8) is 0 Å². The molecule has 0 aliphatic heterocycles. The number of hydrogen-bond donors (Lipinski definition) is 1. The highest BCUT2D eigenvalue weighted by molar-refractivity contribution is 6.33. The molecule has 0 saturated heterocycles. The third kappa shape index (κ3) is 2.77. The van der Waals surface area contributed by atoms with Crippen LogP contribution >= 0.6 is 11.6 Å². The van der Waals surface area contributed by atoms with Gasteiger partial charge in [0.25, 0.3) is 0 Å². The second-order valence-corrected chi connectivity index (χ2v) is 3.76. The Kier molecular flexibility index (Phi) is 4.01. The van der Waals surface area contributed by atoms with Crippen LogP contribution in [0.4, 0.5) is 11.5 Å². The van der Waals surface area contributed by atoms with Crippen molar-refractivity contribution in [3.05, 3.63) is 17.3 Å². The third-order valence-electron chi connectivity index (χ3n) is 2.05. The monoisotopic (exact) mass is 213 g/mol. The predicted octanol–water partition coefficient (Wildman–Crippen LogP) is 2.55. The Morgan fingerprint density at radius 1 is 1.57 bits per heavy atom. The molecule has 2 N–H and O–H groups in total. The molecular weight excluding hydrogens is 198 g/mol. The Morgan fingerprint density at radius 3 is 2.86 bits per heavy atom. The molecule has 1 aromatic rings. The van der Waals surface area contributed by atoms with Crippen molar-refractivity contribution in [1.29, 1.82) is 0 Å². The van der Waals surface area contributed by atoms with Gasteiger partial charge in [-0.2, -0.15) is 0 Å². The summed E-state index contributed by atoms with van der Waals surface area (Å²) in [6, 6.07) is 1.73. The van der Waals surface area contributed by atoms with Gasteiger partial charge in [0.05, 0.1) is 16.9 Å². The molecule has 0 spiro atoms. The molecule has 0 saturated carbocycles. The van der Waals surface area contributed by atoms with Crippen molar-refractivity contribution in [1.82, 2.24) is 4.98 Å². The zero-order chi connectivity index (χ0) is 10.6. The maximum Gasteiger partial charge on any atom is 0.147 e. The summed E-state index contributed by atoms with van der Waals surface area (Å²) < 4.78 is 0. The van der Waals surface area contributed by atoms with Gasteiger partial charge in [0, 0.05) is 13.6 Å². The molecule has 1 aromatic heterocycles. The van der Waals surface area contributed by atoms with Gasteiger partial charge < -0.3 is 10.6 Å². The molecule has 0 unspecified atom stereocenters. The Labute approximate surface area is 89.9 Å². The highest BCUT2D eigenvalue weighted by atomic mass is 35.5. The van der Waals surface area contributed by atoms with Gasteiger partial charge in [-0.05, 0) is 12.5 Å². The first-order valence-electron chi connectivity index (χ1n) is 4.77. The summed E-state index contributed by atoms with van der Waals surface area (Å²) in [5, 5.41) is 0.614. The number of unbranched alkanes of at least 4 members (excludes halogenated alkanes) is 1. The Hall–Kier alpha value is -0.960. The first-order valence-corrected chi connectivity index (χ1v) is 5.15. The molecule has 0 atom stereocenters. The Balaban J connectivity index is 2.74. The second kappa shape index (κ2) is 5.05. The molecule has 1 rings (SSSR count). The topological polar surface area (TPSA) is 42.2 Å². The lowest BCUT2D eigenvalue weighted by Gasteiger charge is -2.18. The number of hydrogen-bond acceptors (Lipinski definition) is 3. The zero-order valence-electron chi connectivity index (χ0n) is 8.63. The lowest BCUT2D eigenvalue weighted by Crippen LogP contribution is -2.19. The van der Waals surface area contributed by atoms with E-state index in [0.29, 0.717) is 10.7 Å². The molecule has 0 radical (unpaired) electrons. The van der Waals surface area contributed by atoms with Crippen LogP contribution in [0.5, 0.6) is 0 Å². The van der Waals surface area contributed by atoms with Crippen molar-refractivity contribution >= 4 is 23.1 Å². The first-order chi connectivity index (χ1) is 6.65. The van der Waals surface area contributed by atoms with E-state index in [1.54, 1.807) is 12.3 Å². The number of pyridine rings is 1. The van der Waals surface area contributed by atoms with Crippen molar-refractivity contribution in [2.45, 2.75) is 19.8 Å². The maximum absolute atomic E-state index is 6.02. The fourth-order valence-electron chi connectivity index (χ4n) is 1.23. The van der Waals surface area contributed by atoms with Gasteiger partial charge in [0.1, 0.15) is 5.82 Å². The van der Waals surface area contributed by atoms with E-state index in [9.17, 15) is 0 Å². The highest BCUT2D eigenvalue weighted by Crippen LogP contribution is 2.23. The SMILES string of the molecule is CCCCN(C)c1ncc(N)cc1Cl. The van der Waals surface area contributed by atoms with E-state index < -0.39 is 0 Å². The number of aromatic nitrogens is 1. The van der Waals surface area contributed by atoms with Crippen LogP contribution in [0.3, 0.4) is 0 Å². The van der Waals surface area contributed by atoms with Gasteiger partial charge in [-0.15, -0.1) is 0 Å². The van der Waals surface area contributed by atoms with E-state index >= 15 is 0 Å². The molecule has 0 fully saturated rings. The minimum Gasteiger partial charge on any atom is -0.397 e. The van der Waals surface area contributed by atoms with Gasteiger partial charge >= 0.3 is 0 Å². The lowest BCUT2D eigenvalue weighted by molar-refractivity contribution is 0.760. The van der Waals surface area contributed by atoms with Crippen LogP contribution < -0.4 is 10.6 Å². The van der Waals surface area contributed by atoms with Crippen LogP contribution in [0, 0.1) is 0 Å². The van der Waals surface area contributed by atoms with Crippen LogP contribution in [-0.4, -0.2) is 18.6 Å². The fourth-order valence-corrected chi connectivity index (χ4v) is 1.55. The number of nitrogen functional groups attached to an aromatic ring is 1. The van der Waals surface area contributed by atoms with Crippen LogP contribution in [-0.2, 0) is 0 Å². The minimum absolute atomic E-state index is 0.600. The van der Waals surface area contributed by atoms with E-state index in [1.165, 1.54) is 0 Å². The second-order valence-electron chi connectivity index (χ2n) is 3.35. The molecule has 0 aliphatic carbocycles. The highest BCUT2D eigenvalue weighted by Gasteiger charge is 2.06. The summed E-state index contributed by atoms with van der Waals surface area (Å²) in [6.07, 6.45) is 3.93. The predicted molar refractivity (Wildman–Crippen MR) is 61.8 cm³/mol. The van der Waals surface area contributed by atoms with Crippen LogP contribution in [0.25, 0.3) is 0 Å². The van der Waals surface area contributed by atoms with Gasteiger partial charge in [-0.3, -0.25) is 0 Å². The summed E-state index contributed by atoms with van der Waals surface area (Å²) in [4.78, 5) is 6.25. The molecule has 3 nitrogen and oxygen atoms in total. The molecule has 0 aromatic carbocycles. The van der Waals surface area contributed by atoms with E-state index in [1.807, 2.05) is 11.9 Å². The van der Waals surface area contributed by atoms with E-state index in [0.717, 1.165) is 25.2 Å². The van der Waals surface area contributed by atoms with Crippen LogP contribution in [0.1, 0.15) is 19.8 Å². The average molecular weight is 214 g/mol. The molecule has 14 heavy (non-hydrogen) atoms. The van der Waals surface area contributed by atoms with Crippen molar-refractivity contribution in [2.24, 2.45) is 0 Å². The number of rotatable bonds is 4. The van der Waals surface area contributed by atoms with Gasteiger partial charge in [0.2, 0.25) is 0 Å². The Bertz CT molecular complexity index is 301. The number of halogens is 1. The van der Waals surface area contributed by atoms with E-state index in [4.69, 9.17) is 17.3 Å². The normalized spacial score (nSPS) is 10.2. The maximum atomic E-state index is 6.02. The number of nitrogens with two attached hydrogens (primary N) is 1. The summed E-state index contributed by atoms with van der Waals surface area (Å²) in [5.74, 6) is 0.800. The van der Waals surface area contributed by atoms with E-state index in [-0.39, 0.29) is 0 Å². The van der Waals surface area contributed by atoms with Gasteiger partial charge in [0.15, 0.2) is 0 Å². The van der Waals surface area contributed by atoms with Crippen molar-refractivity contribution < 1.29 is 0 Å². The smallest absolute Gasteiger partial charge is 0.147 e. The van der Waals surface area contributed by atoms with Crippen molar-refractivity contribution in [2.75, 3.05) is 24.2 Å². The lowest BCUT2D eigenvalue weighted by atomic mass is 10.3. The summed E-state index contributed by atoms with van der Waals surface area (Å²) in [5.41, 5.74) is 6.16. The number of nitrogens with zero attached hydrogens (tertiary/aromatic N) is 2. The molecule has 78 valence electrons. The molecule has 1 heterocycles. The molecule has 0 amide bonds. The standard InChI is InChI=1S/C10H16ClN3/c1-3-4-5-14(2)10-9(11)6-8(12)7-13-10/h6-7H,3-5,12H2,1-2H3. The summed E-state index contributed by atoms with van der Waals surface area (Å²) in [6.45, 7) is 3.12. The van der Waals surface area contributed by atoms with Crippen LogP contribution in [0.15, 0.2) is 12.3 Å². The number of anilines is 2.